The van der Waals surface area contributed by atoms with E-state index in [1.807, 2.05) is 115 Å². The second-order valence-corrected chi connectivity index (χ2v) is 13.0. The van der Waals surface area contributed by atoms with Crippen molar-refractivity contribution in [3.63, 3.8) is 0 Å². The van der Waals surface area contributed by atoms with E-state index in [0.29, 0.717) is 11.4 Å². The number of benzene rings is 9. The third kappa shape index (κ3) is 5.71. The van der Waals surface area contributed by atoms with Crippen molar-refractivity contribution in [2.45, 2.75) is 0 Å². The van der Waals surface area contributed by atoms with Gasteiger partial charge in [0.1, 0.15) is 11.2 Å². The molecule has 0 aliphatic rings. The predicted molar refractivity (Wildman–Crippen MR) is 228 cm³/mol. The molecule has 0 aliphatic heterocycles. The van der Waals surface area contributed by atoms with Crippen molar-refractivity contribution in [1.29, 1.82) is 0 Å². The van der Waals surface area contributed by atoms with Crippen LogP contribution >= 0.6 is 0 Å². The van der Waals surface area contributed by atoms with Gasteiger partial charge in [0.2, 0.25) is 0 Å². The summed E-state index contributed by atoms with van der Waals surface area (Å²) < 4.78 is 85.9. The molecule has 0 saturated carbocycles. The van der Waals surface area contributed by atoms with Gasteiger partial charge in [0.15, 0.2) is 0 Å². The highest BCUT2D eigenvalue weighted by atomic mass is 16.3. The highest BCUT2D eigenvalue weighted by molar-refractivity contribution is 6.19. The predicted octanol–water partition coefficient (Wildman–Crippen LogP) is 14.9. The molecule has 2 nitrogen and oxygen atoms in total. The van der Waals surface area contributed by atoms with Crippen LogP contribution in [0.5, 0.6) is 0 Å². The summed E-state index contributed by atoms with van der Waals surface area (Å²) in [6.45, 7) is 0. The molecular formula is C52H35NO. The van der Waals surface area contributed by atoms with Crippen molar-refractivity contribution >= 4 is 49.8 Å². The van der Waals surface area contributed by atoms with Crippen molar-refractivity contribution in [2.24, 2.45) is 0 Å². The Bertz CT molecular complexity index is 3400. The highest BCUT2D eigenvalue weighted by Crippen LogP contribution is 2.42. The van der Waals surface area contributed by atoms with Gasteiger partial charge in [-0.15, -0.1) is 0 Å². The Hall–Kier alpha value is -7.16. The lowest BCUT2D eigenvalue weighted by molar-refractivity contribution is 0.673. The molecule has 0 saturated heterocycles. The Morgan fingerprint density at radius 2 is 1.06 bits per heavy atom. The van der Waals surface area contributed by atoms with Gasteiger partial charge in [0, 0.05) is 33.2 Å². The summed E-state index contributed by atoms with van der Waals surface area (Å²) in [6.07, 6.45) is 0. The van der Waals surface area contributed by atoms with Crippen molar-refractivity contribution in [3.05, 3.63) is 212 Å². The normalized spacial score (nSPS) is 13.7. The first-order chi connectivity index (χ1) is 30.5. The molecule has 2 heteroatoms. The zero-order valence-corrected chi connectivity index (χ0v) is 28.9. The Balaban J connectivity index is 1.17. The van der Waals surface area contributed by atoms with E-state index in [-0.39, 0.29) is 11.3 Å². The third-order valence-corrected chi connectivity index (χ3v) is 9.82. The second-order valence-electron chi connectivity index (χ2n) is 13.0. The van der Waals surface area contributed by atoms with Crippen LogP contribution in [0.4, 0.5) is 17.1 Å². The van der Waals surface area contributed by atoms with Gasteiger partial charge < -0.3 is 9.32 Å². The molecule has 0 radical (unpaired) electrons. The molecule has 1 aromatic heterocycles. The van der Waals surface area contributed by atoms with Crippen LogP contribution in [-0.2, 0) is 0 Å². The summed E-state index contributed by atoms with van der Waals surface area (Å²) in [4.78, 5) is 1.68. The quantitative estimate of drug-likeness (QED) is 0.165. The zero-order valence-electron chi connectivity index (χ0n) is 37.9. The summed E-state index contributed by atoms with van der Waals surface area (Å²) >= 11 is 0. The van der Waals surface area contributed by atoms with Gasteiger partial charge in [-0.1, -0.05) is 158 Å². The van der Waals surface area contributed by atoms with Gasteiger partial charge in [0.25, 0.3) is 0 Å². The smallest absolute Gasteiger partial charge is 0.143 e. The van der Waals surface area contributed by atoms with Gasteiger partial charge in [-0.25, -0.2) is 0 Å². The average molecular weight is 699 g/mol. The molecule has 0 N–H and O–H groups in total. The van der Waals surface area contributed by atoms with Crippen LogP contribution in [0.2, 0.25) is 0 Å². The van der Waals surface area contributed by atoms with Crippen molar-refractivity contribution in [1.82, 2.24) is 0 Å². The lowest BCUT2D eigenvalue weighted by Gasteiger charge is -2.26. The largest absolute Gasteiger partial charge is 0.455 e. The third-order valence-electron chi connectivity index (χ3n) is 9.82. The van der Waals surface area contributed by atoms with Crippen molar-refractivity contribution in [2.75, 3.05) is 4.90 Å². The molecule has 0 atom stereocenters. The highest BCUT2D eigenvalue weighted by Gasteiger charge is 2.18. The van der Waals surface area contributed by atoms with E-state index in [1.165, 1.54) is 0 Å². The van der Waals surface area contributed by atoms with Crippen LogP contribution in [0.25, 0.3) is 77.2 Å². The molecule has 254 valence electrons. The van der Waals surface area contributed by atoms with Crippen LogP contribution < -0.4 is 4.90 Å². The summed E-state index contributed by atoms with van der Waals surface area (Å²) in [7, 11) is 0. The minimum Gasteiger partial charge on any atom is -0.455 e. The average Bonchev–Trinajstić information content (AvgIpc) is 3.72. The Morgan fingerprint density at radius 1 is 0.389 bits per heavy atom. The number of nitrogens with zero attached hydrogens (tertiary/aromatic N) is 1. The number of anilines is 3. The Morgan fingerprint density at radius 3 is 1.87 bits per heavy atom. The molecule has 9 aromatic carbocycles. The van der Waals surface area contributed by atoms with E-state index in [2.05, 4.69) is 42.5 Å². The maximum absolute atomic E-state index is 9.49. The number of hydrogen-bond acceptors (Lipinski definition) is 2. The van der Waals surface area contributed by atoms with E-state index < -0.39 is 59.9 Å². The molecule has 0 unspecified atom stereocenters. The van der Waals surface area contributed by atoms with Gasteiger partial charge >= 0.3 is 0 Å². The molecule has 0 aliphatic carbocycles. The van der Waals surface area contributed by atoms with Gasteiger partial charge in [-0.2, -0.15) is 0 Å². The number of furan rings is 1. The van der Waals surface area contributed by atoms with Crippen molar-refractivity contribution in [3.8, 4) is 44.5 Å². The van der Waals surface area contributed by atoms with Crippen LogP contribution in [-0.4, -0.2) is 0 Å². The lowest BCUT2D eigenvalue weighted by Crippen LogP contribution is -2.10. The van der Waals surface area contributed by atoms with E-state index >= 15 is 0 Å². The lowest BCUT2D eigenvalue weighted by atomic mass is 9.97. The van der Waals surface area contributed by atoms with Gasteiger partial charge in [-0.3, -0.25) is 0 Å². The first-order valence-corrected chi connectivity index (χ1v) is 17.7. The topological polar surface area (TPSA) is 16.4 Å². The van der Waals surface area contributed by atoms with E-state index in [9.17, 15) is 5.48 Å². The fourth-order valence-electron chi connectivity index (χ4n) is 7.24. The number of rotatable bonds is 7. The molecule has 10 rings (SSSR count). The molecule has 0 bridgehead atoms. The van der Waals surface area contributed by atoms with Crippen LogP contribution in [0.3, 0.4) is 0 Å². The maximum atomic E-state index is 9.49. The minimum absolute atomic E-state index is 0.0736. The fourth-order valence-corrected chi connectivity index (χ4v) is 7.24. The molecule has 0 spiro atoms. The molecule has 1 heterocycles. The van der Waals surface area contributed by atoms with E-state index in [1.54, 1.807) is 4.90 Å². The Labute approximate surface area is 327 Å². The first kappa shape index (κ1) is 23.4. The molecular weight excluding hydrogens is 655 g/mol. The van der Waals surface area contributed by atoms with Crippen LogP contribution in [0, 0.1) is 0 Å². The van der Waals surface area contributed by atoms with Crippen LogP contribution in [0.15, 0.2) is 217 Å². The SMILES string of the molecule is [2H]c1c([2H])c([2H])c(-c2c([2H])c([2H])c(N(c3ccc(-c4cccc(-c5ccccc5)c4)cc3)c3cccc(-c4cccc5oc6c7ccccc7ccc6c45)c3)c([2H])c2[2H])c([2H])c1[2H]. The second kappa shape index (κ2) is 13.4. The maximum Gasteiger partial charge on any atom is 0.143 e. The first-order valence-electron chi connectivity index (χ1n) is 22.2. The Kier molecular flexibility index (Phi) is 5.82. The van der Waals surface area contributed by atoms with Crippen molar-refractivity contribution < 1.29 is 16.8 Å². The molecule has 54 heavy (non-hydrogen) atoms. The zero-order chi connectivity index (χ0) is 43.7. The summed E-state index contributed by atoms with van der Waals surface area (Å²) in [5, 5.41) is 3.95. The molecule has 0 fully saturated rings. The molecule has 0 amide bonds. The monoisotopic (exact) mass is 698 g/mol. The van der Waals surface area contributed by atoms with E-state index in [4.69, 9.17) is 11.3 Å². The van der Waals surface area contributed by atoms with Gasteiger partial charge in [0.05, 0.1) is 12.3 Å². The van der Waals surface area contributed by atoms with E-state index in [0.717, 1.165) is 66.1 Å². The van der Waals surface area contributed by atoms with Crippen LogP contribution in [0.1, 0.15) is 12.3 Å². The molecule has 10 aromatic rings. The summed E-state index contributed by atoms with van der Waals surface area (Å²) in [5.41, 5.74) is 7.51. The minimum atomic E-state index is -0.631. The fraction of sp³-hybridized carbons (Fsp3) is 0. The number of fused-ring (bicyclic) bond motifs is 5. The van der Waals surface area contributed by atoms with Gasteiger partial charge in [-0.05, 0) is 104 Å². The summed E-state index contributed by atoms with van der Waals surface area (Å²) in [5.74, 6) is 0. The number of hydrogen-bond donors (Lipinski definition) is 0. The standard InChI is InChI=1S/C52H35NO/c1-3-12-36(13-4-1)38-24-29-44(30-25-38)53(45-31-26-39(27-32-45)42-18-9-17-41(34-42)37-14-5-2-6-15-37)46-20-10-19-43(35-46)47-22-11-23-50-51(47)49-33-28-40-16-7-8-21-48(40)52(49)54-50/h1-35H/i1D,3D,4D,12D,13D,24D,25D,29D,30D. The summed E-state index contributed by atoms with van der Waals surface area (Å²) in [6, 6.07) is 46.7.